The molecule has 1 amide bonds. The van der Waals surface area contributed by atoms with Gasteiger partial charge in [-0.3, -0.25) is 4.79 Å². The summed E-state index contributed by atoms with van der Waals surface area (Å²) in [5, 5.41) is 5.50. The third-order valence-electron chi connectivity index (χ3n) is 1.62. The average molecular weight is 234 g/mol. The van der Waals surface area contributed by atoms with Gasteiger partial charge in [-0.25, -0.2) is 0 Å². The third-order valence-corrected chi connectivity index (χ3v) is 1.62. The molecule has 0 aromatic carbocycles. The van der Waals surface area contributed by atoms with Gasteiger partial charge in [0.05, 0.1) is 26.4 Å². The van der Waals surface area contributed by atoms with Gasteiger partial charge in [-0.1, -0.05) is 13.8 Å². The second-order valence-corrected chi connectivity index (χ2v) is 2.75. The molecule has 0 atom stereocenters. The Hall–Kier alpha value is -0.650. The largest absolute Gasteiger partial charge is 0.379 e. The average Bonchev–Trinajstić information content (AvgIpc) is 2.34. The Balaban J connectivity index is 0. The van der Waals surface area contributed by atoms with Gasteiger partial charge in [0.2, 0.25) is 5.91 Å². The van der Waals surface area contributed by atoms with Crippen LogP contribution in [0.1, 0.15) is 20.3 Å². The smallest absolute Gasteiger partial charge is 0.222 e. The van der Waals surface area contributed by atoms with Gasteiger partial charge < -0.3 is 20.1 Å². The van der Waals surface area contributed by atoms with E-state index in [4.69, 9.17) is 9.47 Å². The van der Waals surface area contributed by atoms with Gasteiger partial charge in [0.15, 0.2) is 0 Å². The highest BCUT2D eigenvalue weighted by molar-refractivity contribution is 5.75. The first-order valence-corrected chi connectivity index (χ1v) is 5.82. The molecule has 0 bridgehead atoms. The molecule has 0 fully saturated rings. The molecule has 0 heterocycles. The van der Waals surface area contributed by atoms with Crippen molar-refractivity contribution in [1.29, 1.82) is 0 Å². The maximum Gasteiger partial charge on any atom is 0.222 e. The second-order valence-electron chi connectivity index (χ2n) is 2.75. The van der Waals surface area contributed by atoms with Gasteiger partial charge in [-0.15, -0.1) is 0 Å². The standard InChI is InChI=1S/C9H20N2O3.C2H6/c1-10-4-6-14-8-7-13-5-3-9(12)11-2;1-2/h10H,3-8H2,1-2H3,(H,11,12);1-2H3. The number of amides is 1. The topological polar surface area (TPSA) is 59.6 Å². The zero-order chi connectivity index (χ0) is 12.6. The fourth-order valence-electron chi connectivity index (χ4n) is 0.786. The SMILES string of the molecule is CC.CNCCOCCOCCC(=O)NC. The van der Waals surface area contributed by atoms with Crippen LogP contribution < -0.4 is 10.6 Å². The Morgan fingerprint density at radius 1 is 1.00 bits per heavy atom. The van der Waals surface area contributed by atoms with Crippen molar-refractivity contribution in [3.05, 3.63) is 0 Å². The van der Waals surface area contributed by atoms with Crippen molar-refractivity contribution < 1.29 is 14.3 Å². The molecule has 0 saturated heterocycles. The fraction of sp³-hybridized carbons (Fsp3) is 0.909. The van der Waals surface area contributed by atoms with Crippen LogP contribution in [-0.2, 0) is 14.3 Å². The molecular formula is C11H26N2O3. The highest BCUT2D eigenvalue weighted by Gasteiger charge is 1.96. The van der Waals surface area contributed by atoms with Crippen LogP contribution in [0.4, 0.5) is 0 Å². The van der Waals surface area contributed by atoms with E-state index in [-0.39, 0.29) is 5.91 Å². The van der Waals surface area contributed by atoms with Gasteiger partial charge in [0.1, 0.15) is 0 Å². The number of nitrogens with one attached hydrogen (secondary N) is 2. The molecule has 98 valence electrons. The molecular weight excluding hydrogens is 208 g/mol. The Bertz CT molecular complexity index is 143. The summed E-state index contributed by atoms with van der Waals surface area (Å²) in [4.78, 5) is 10.8. The van der Waals surface area contributed by atoms with E-state index in [1.165, 1.54) is 0 Å². The van der Waals surface area contributed by atoms with Crippen molar-refractivity contribution in [3.8, 4) is 0 Å². The normalized spacial score (nSPS) is 9.25. The lowest BCUT2D eigenvalue weighted by Gasteiger charge is -2.04. The van der Waals surface area contributed by atoms with E-state index in [2.05, 4.69) is 10.6 Å². The summed E-state index contributed by atoms with van der Waals surface area (Å²) in [6.07, 6.45) is 0.410. The molecule has 5 nitrogen and oxygen atoms in total. The highest BCUT2D eigenvalue weighted by atomic mass is 16.5. The number of hydrogen-bond donors (Lipinski definition) is 2. The molecule has 0 unspecified atom stereocenters. The maximum absolute atomic E-state index is 10.8. The van der Waals surface area contributed by atoms with Crippen molar-refractivity contribution in [2.24, 2.45) is 0 Å². The minimum absolute atomic E-state index is 0.00102. The van der Waals surface area contributed by atoms with E-state index in [9.17, 15) is 4.79 Å². The molecule has 2 N–H and O–H groups in total. The lowest BCUT2D eigenvalue weighted by atomic mass is 10.4. The Morgan fingerprint density at radius 3 is 2.06 bits per heavy atom. The van der Waals surface area contributed by atoms with Crippen LogP contribution in [0.2, 0.25) is 0 Å². The molecule has 0 radical (unpaired) electrons. The van der Waals surface area contributed by atoms with Crippen molar-refractivity contribution in [3.63, 3.8) is 0 Å². The number of hydrogen-bond acceptors (Lipinski definition) is 4. The van der Waals surface area contributed by atoms with Crippen molar-refractivity contribution in [2.45, 2.75) is 20.3 Å². The minimum atomic E-state index is 0.00102. The lowest BCUT2D eigenvalue weighted by molar-refractivity contribution is -0.121. The minimum Gasteiger partial charge on any atom is -0.379 e. The van der Waals surface area contributed by atoms with E-state index in [1.807, 2.05) is 20.9 Å². The third kappa shape index (κ3) is 15.8. The molecule has 0 aliphatic heterocycles. The highest BCUT2D eigenvalue weighted by Crippen LogP contribution is 1.83. The van der Waals surface area contributed by atoms with Gasteiger partial charge in [-0.05, 0) is 7.05 Å². The number of ether oxygens (including phenoxy) is 2. The van der Waals surface area contributed by atoms with Gasteiger partial charge in [0.25, 0.3) is 0 Å². The zero-order valence-electron chi connectivity index (χ0n) is 11.0. The Morgan fingerprint density at radius 2 is 1.56 bits per heavy atom. The molecule has 5 heteroatoms. The number of rotatable bonds is 9. The number of carbonyl (C=O) groups excluding carboxylic acids is 1. The first-order chi connectivity index (χ1) is 7.81. The molecule has 0 aliphatic carbocycles. The monoisotopic (exact) mass is 234 g/mol. The zero-order valence-corrected chi connectivity index (χ0v) is 11.0. The van der Waals surface area contributed by atoms with Crippen molar-refractivity contribution in [1.82, 2.24) is 10.6 Å². The summed E-state index contributed by atoms with van der Waals surface area (Å²) < 4.78 is 10.4. The number of carbonyl (C=O) groups is 1. The van der Waals surface area contributed by atoms with E-state index >= 15 is 0 Å². The molecule has 0 aromatic rings. The van der Waals surface area contributed by atoms with Crippen LogP contribution in [0.3, 0.4) is 0 Å². The van der Waals surface area contributed by atoms with Crippen LogP contribution in [0, 0.1) is 0 Å². The molecule has 0 rings (SSSR count). The molecule has 0 spiro atoms. The van der Waals surface area contributed by atoms with E-state index < -0.39 is 0 Å². The fourth-order valence-corrected chi connectivity index (χ4v) is 0.786. The molecule has 0 aromatic heterocycles. The predicted octanol–water partition coefficient (Wildman–Crippen LogP) is 0.401. The van der Waals surface area contributed by atoms with Crippen LogP contribution in [0.5, 0.6) is 0 Å². The van der Waals surface area contributed by atoms with Crippen molar-refractivity contribution >= 4 is 5.91 Å². The first-order valence-electron chi connectivity index (χ1n) is 5.82. The van der Waals surface area contributed by atoms with Gasteiger partial charge in [0, 0.05) is 20.0 Å². The van der Waals surface area contributed by atoms with Crippen molar-refractivity contribution in [2.75, 3.05) is 47.1 Å². The summed E-state index contributed by atoms with van der Waals surface area (Å²) in [7, 11) is 3.49. The quantitative estimate of drug-likeness (QED) is 0.567. The van der Waals surface area contributed by atoms with E-state index in [0.29, 0.717) is 32.8 Å². The summed E-state index contributed by atoms with van der Waals surface area (Å²) in [5.41, 5.74) is 0. The van der Waals surface area contributed by atoms with E-state index in [1.54, 1.807) is 7.05 Å². The van der Waals surface area contributed by atoms with Gasteiger partial charge >= 0.3 is 0 Å². The maximum atomic E-state index is 10.8. The Kier molecular flexibility index (Phi) is 18.6. The van der Waals surface area contributed by atoms with Crippen LogP contribution in [0.15, 0.2) is 0 Å². The van der Waals surface area contributed by atoms with Gasteiger partial charge in [-0.2, -0.15) is 0 Å². The summed E-state index contributed by atoms with van der Waals surface area (Å²) >= 11 is 0. The summed E-state index contributed by atoms with van der Waals surface area (Å²) in [6.45, 7) is 7.11. The predicted molar refractivity (Wildman–Crippen MR) is 65.6 cm³/mol. The van der Waals surface area contributed by atoms with Crippen LogP contribution >= 0.6 is 0 Å². The lowest BCUT2D eigenvalue weighted by Crippen LogP contribution is -2.20. The van der Waals surface area contributed by atoms with Crippen LogP contribution in [-0.4, -0.2) is 53.0 Å². The first kappa shape index (κ1) is 17.7. The number of likely N-dealkylation sites (N-methyl/N-ethyl adjacent to an activating group) is 1. The molecule has 0 saturated carbocycles. The molecule has 16 heavy (non-hydrogen) atoms. The van der Waals surface area contributed by atoms with Crippen LogP contribution in [0.25, 0.3) is 0 Å². The summed E-state index contributed by atoms with van der Waals surface area (Å²) in [6, 6.07) is 0. The molecule has 0 aliphatic rings. The van der Waals surface area contributed by atoms with E-state index in [0.717, 1.165) is 6.54 Å². The summed E-state index contributed by atoms with van der Waals surface area (Å²) in [5.74, 6) is 0.00102. The second kappa shape index (κ2) is 16.8. The Labute approximate surface area is 98.9 Å².